The maximum Gasteiger partial charge on any atom is 0.261 e. The molecular formula is C18H22N4O2S. The zero-order valence-electron chi connectivity index (χ0n) is 14.7. The number of aromatic nitrogens is 2. The minimum Gasteiger partial charge on any atom is -0.347 e. The van der Waals surface area contributed by atoms with E-state index in [2.05, 4.69) is 15.3 Å². The molecule has 25 heavy (non-hydrogen) atoms. The first-order valence-corrected chi connectivity index (χ1v) is 9.26. The molecule has 0 aliphatic carbocycles. The summed E-state index contributed by atoms with van der Waals surface area (Å²) in [5, 5.41) is 4.90. The van der Waals surface area contributed by atoms with Crippen LogP contribution in [0.5, 0.6) is 0 Å². The van der Waals surface area contributed by atoms with Gasteiger partial charge in [0.25, 0.3) is 5.91 Å². The summed E-state index contributed by atoms with van der Waals surface area (Å²) < 4.78 is 0. The number of nitrogens with zero attached hydrogens (tertiary/aromatic N) is 3. The minimum atomic E-state index is -0.0977. The molecular weight excluding hydrogens is 336 g/mol. The van der Waals surface area contributed by atoms with Crippen LogP contribution in [-0.2, 0) is 11.3 Å². The summed E-state index contributed by atoms with van der Waals surface area (Å²) in [6, 6.07) is 1.84. The standard InChI is InChI=1S/C18H22N4O2S/c1-11-7-16(25-10-11)18(24)20-9-14-8-19-12(2)21-17(14)15-5-4-6-22(15)13(3)23/h7-8,10,15H,4-6,9H2,1-3H3,(H,20,24)/t15-/m0/s1. The van der Waals surface area contributed by atoms with Crippen LogP contribution in [0.25, 0.3) is 0 Å². The van der Waals surface area contributed by atoms with Gasteiger partial charge in [0.05, 0.1) is 16.6 Å². The molecule has 3 heterocycles. The molecule has 6 nitrogen and oxygen atoms in total. The van der Waals surface area contributed by atoms with E-state index in [1.807, 2.05) is 30.2 Å². The fourth-order valence-electron chi connectivity index (χ4n) is 3.18. The fourth-order valence-corrected chi connectivity index (χ4v) is 3.99. The predicted octanol–water partition coefficient (Wildman–Crippen LogP) is 2.77. The number of likely N-dealkylation sites (tertiary alicyclic amines) is 1. The summed E-state index contributed by atoms with van der Waals surface area (Å²) in [5.74, 6) is 0.636. The number of nitrogens with one attached hydrogen (secondary N) is 1. The maximum absolute atomic E-state index is 12.3. The van der Waals surface area contributed by atoms with Crippen molar-refractivity contribution in [3.63, 3.8) is 0 Å². The summed E-state index contributed by atoms with van der Waals surface area (Å²) in [6.07, 6.45) is 3.61. The number of thiophene rings is 1. The highest BCUT2D eigenvalue weighted by Crippen LogP contribution is 2.32. The molecule has 132 valence electrons. The van der Waals surface area contributed by atoms with Crippen molar-refractivity contribution in [2.24, 2.45) is 0 Å². The third kappa shape index (κ3) is 3.87. The molecule has 7 heteroatoms. The fraction of sp³-hybridized carbons (Fsp3) is 0.444. The van der Waals surface area contributed by atoms with E-state index in [1.165, 1.54) is 11.3 Å². The van der Waals surface area contributed by atoms with Crippen LogP contribution < -0.4 is 5.32 Å². The first-order valence-electron chi connectivity index (χ1n) is 8.38. The lowest BCUT2D eigenvalue weighted by atomic mass is 10.1. The second kappa shape index (κ2) is 7.31. The number of rotatable bonds is 4. The molecule has 0 spiro atoms. The first-order chi connectivity index (χ1) is 12.0. The van der Waals surface area contributed by atoms with Gasteiger partial charge in [-0.2, -0.15) is 0 Å². The number of carbonyl (C=O) groups excluding carboxylic acids is 2. The van der Waals surface area contributed by atoms with Crippen molar-refractivity contribution in [3.8, 4) is 0 Å². The first kappa shape index (κ1) is 17.5. The van der Waals surface area contributed by atoms with Gasteiger partial charge in [-0.05, 0) is 43.7 Å². The molecule has 0 unspecified atom stereocenters. The molecule has 0 saturated carbocycles. The molecule has 0 aromatic carbocycles. The number of aryl methyl sites for hydroxylation is 2. The number of amides is 2. The van der Waals surface area contributed by atoms with E-state index in [0.29, 0.717) is 17.2 Å². The Morgan fingerprint density at radius 3 is 2.88 bits per heavy atom. The van der Waals surface area contributed by atoms with Crippen LogP contribution in [-0.4, -0.2) is 33.2 Å². The Labute approximate surface area is 151 Å². The second-order valence-corrected chi connectivity index (χ2v) is 7.28. The van der Waals surface area contributed by atoms with Crippen molar-refractivity contribution < 1.29 is 9.59 Å². The van der Waals surface area contributed by atoms with Gasteiger partial charge in [0, 0.05) is 31.8 Å². The Morgan fingerprint density at radius 2 is 2.20 bits per heavy atom. The van der Waals surface area contributed by atoms with Crippen LogP contribution in [0, 0.1) is 13.8 Å². The largest absolute Gasteiger partial charge is 0.347 e. The third-order valence-electron chi connectivity index (χ3n) is 4.39. The third-order valence-corrected chi connectivity index (χ3v) is 5.43. The molecule has 1 N–H and O–H groups in total. The summed E-state index contributed by atoms with van der Waals surface area (Å²) in [7, 11) is 0. The molecule has 1 aliphatic heterocycles. The van der Waals surface area contributed by atoms with Gasteiger partial charge in [-0.15, -0.1) is 11.3 Å². The van der Waals surface area contributed by atoms with Crippen molar-refractivity contribution >= 4 is 23.2 Å². The van der Waals surface area contributed by atoms with Crippen LogP contribution in [0.3, 0.4) is 0 Å². The molecule has 2 amide bonds. The van der Waals surface area contributed by atoms with E-state index in [4.69, 9.17) is 0 Å². The van der Waals surface area contributed by atoms with E-state index < -0.39 is 0 Å². The highest BCUT2D eigenvalue weighted by atomic mass is 32.1. The summed E-state index contributed by atoms with van der Waals surface area (Å²) in [5.41, 5.74) is 2.80. The maximum atomic E-state index is 12.3. The van der Waals surface area contributed by atoms with Crippen molar-refractivity contribution in [2.45, 2.75) is 46.2 Å². The van der Waals surface area contributed by atoms with Crippen molar-refractivity contribution in [1.82, 2.24) is 20.2 Å². The van der Waals surface area contributed by atoms with Gasteiger partial charge in [-0.25, -0.2) is 9.97 Å². The summed E-state index contributed by atoms with van der Waals surface area (Å²) in [4.78, 5) is 35.6. The van der Waals surface area contributed by atoms with E-state index in [9.17, 15) is 9.59 Å². The van der Waals surface area contributed by atoms with Gasteiger partial charge >= 0.3 is 0 Å². The summed E-state index contributed by atoms with van der Waals surface area (Å²) >= 11 is 1.43. The normalized spacial score (nSPS) is 16.9. The lowest BCUT2D eigenvalue weighted by Gasteiger charge is -2.24. The Kier molecular flexibility index (Phi) is 5.13. The lowest BCUT2D eigenvalue weighted by Crippen LogP contribution is -2.30. The van der Waals surface area contributed by atoms with E-state index in [-0.39, 0.29) is 17.9 Å². The van der Waals surface area contributed by atoms with Crippen molar-refractivity contribution in [1.29, 1.82) is 0 Å². The van der Waals surface area contributed by atoms with Gasteiger partial charge in [0.15, 0.2) is 0 Å². The van der Waals surface area contributed by atoms with Crippen LogP contribution >= 0.6 is 11.3 Å². The molecule has 2 aromatic heterocycles. The highest BCUT2D eigenvalue weighted by Gasteiger charge is 2.31. The second-order valence-electron chi connectivity index (χ2n) is 6.37. The van der Waals surface area contributed by atoms with Crippen LogP contribution in [0.2, 0.25) is 0 Å². The Bertz CT molecular complexity index is 802. The van der Waals surface area contributed by atoms with Crippen molar-refractivity contribution in [2.75, 3.05) is 6.54 Å². The molecule has 1 atom stereocenters. The van der Waals surface area contributed by atoms with E-state index in [1.54, 1.807) is 13.1 Å². The highest BCUT2D eigenvalue weighted by molar-refractivity contribution is 7.12. The number of hydrogen-bond acceptors (Lipinski definition) is 5. The average Bonchev–Trinajstić information content (AvgIpc) is 3.22. The SMILES string of the molecule is CC(=O)N1CCC[C@H]1c1nc(C)ncc1CNC(=O)c1cc(C)cs1. The topological polar surface area (TPSA) is 75.2 Å². The molecule has 1 aliphatic rings. The molecule has 3 rings (SSSR count). The van der Waals surface area contributed by atoms with Crippen molar-refractivity contribution in [3.05, 3.63) is 45.2 Å². The predicted molar refractivity (Wildman–Crippen MR) is 96.4 cm³/mol. The van der Waals surface area contributed by atoms with Gasteiger partial charge in [0.1, 0.15) is 5.82 Å². The molecule has 1 fully saturated rings. The minimum absolute atomic E-state index is 0.0323. The monoisotopic (exact) mass is 358 g/mol. The molecule has 0 radical (unpaired) electrons. The molecule has 0 bridgehead atoms. The molecule has 1 saturated heterocycles. The van der Waals surface area contributed by atoms with Gasteiger partial charge in [-0.1, -0.05) is 0 Å². The number of hydrogen-bond donors (Lipinski definition) is 1. The van der Waals surface area contributed by atoms with Gasteiger partial charge in [0.2, 0.25) is 5.91 Å². The smallest absolute Gasteiger partial charge is 0.261 e. The Balaban J connectivity index is 1.80. The lowest BCUT2D eigenvalue weighted by molar-refractivity contribution is -0.129. The Morgan fingerprint density at radius 1 is 1.40 bits per heavy atom. The number of carbonyl (C=O) groups is 2. The summed E-state index contributed by atoms with van der Waals surface area (Å²) in [6.45, 7) is 6.51. The Hall–Kier alpha value is -2.28. The molecule has 2 aromatic rings. The zero-order chi connectivity index (χ0) is 18.0. The van der Waals surface area contributed by atoms with Crippen LogP contribution in [0.4, 0.5) is 0 Å². The van der Waals surface area contributed by atoms with E-state index in [0.717, 1.165) is 36.2 Å². The quantitative estimate of drug-likeness (QED) is 0.912. The zero-order valence-corrected chi connectivity index (χ0v) is 15.5. The van der Waals surface area contributed by atoms with Gasteiger partial charge in [-0.3, -0.25) is 9.59 Å². The van der Waals surface area contributed by atoms with E-state index >= 15 is 0 Å². The van der Waals surface area contributed by atoms with Gasteiger partial charge < -0.3 is 10.2 Å². The average molecular weight is 358 g/mol. The van der Waals surface area contributed by atoms with Crippen LogP contribution in [0.15, 0.2) is 17.6 Å². The van der Waals surface area contributed by atoms with Crippen LogP contribution in [0.1, 0.15) is 58.1 Å².